The summed E-state index contributed by atoms with van der Waals surface area (Å²) in [4.78, 5) is 12.9. The van der Waals surface area contributed by atoms with E-state index in [1.807, 2.05) is 0 Å². The summed E-state index contributed by atoms with van der Waals surface area (Å²) >= 11 is 2.98. The molecule has 1 saturated heterocycles. The van der Waals surface area contributed by atoms with Crippen molar-refractivity contribution in [3.8, 4) is 0 Å². The van der Waals surface area contributed by atoms with Crippen LogP contribution in [0.15, 0.2) is 11.0 Å². The van der Waals surface area contributed by atoms with Crippen LogP contribution in [-0.2, 0) is 10.0 Å². The average Bonchev–Trinajstić information content (AvgIpc) is 2.81. The van der Waals surface area contributed by atoms with Gasteiger partial charge in [-0.15, -0.1) is 11.3 Å². The molecule has 0 bridgehead atoms. The number of rotatable bonds is 3. The van der Waals surface area contributed by atoms with Crippen LogP contribution < -0.4 is 5.32 Å². The Hall–Kier alpha value is -0.570. The molecule has 0 atom stereocenters. The summed E-state index contributed by atoms with van der Waals surface area (Å²) in [6, 6.07) is 1.48. The van der Waals surface area contributed by atoms with E-state index in [9.17, 15) is 13.2 Å². The van der Waals surface area contributed by atoms with Crippen LogP contribution in [-0.4, -0.2) is 50.3 Å². The van der Waals surface area contributed by atoms with E-state index in [1.54, 1.807) is 18.7 Å². The molecule has 0 saturated carbocycles. The summed E-state index contributed by atoms with van der Waals surface area (Å²) in [5.41, 5.74) is 0. The maximum atomic E-state index is 12.5. The van der Waals surface area contributed by atoms with Gasteiger partial charge in [-0.1, -0.05) is 0 Å². The molecular formula is C11H16N2O3S3. The minimum Gasteiger partial charge on any atom is -0.354 e. The van der Waals surface area contributed by atoms with Gasteiger partial charge in [-0.05, 0) is 13.0 Å². The van der Waals surface area contributed by atoms with Gasteiger partial charge < -0.3 is 5.32 Å². The summed E-state index contributed by atoms with van der Waals surface area (Å²) in [7, 11) is -1.93. The number of thioether (sulfide) groups is 1. The van der Waals surface area contributed by atoms with E-state index in [2.05, 4.69) is 5.32 Å². The Morgan fingerprint density at radius 1 is 1.37 bits per heavy atom. The lowest BCUT2D eigenvalue weighted by Gasteiger charge is -2.25. The van der Waals surface area contributed by atoms with Gasteiger partial charge in [0.05, 0.1) is 9.77 Å². The van der Waals surface area contributed by atoms with E-state index < -0.39 is 10.0 Å². The number of thiophene rings is 1. The highest BCUT2D eigenvalue weighted by molar-refractivity contribution is 7.99. The summed E-state index contributed by atoms with van der Waals surface area (Å²) in [6.07, 6.45) is 0. The number of hydrogen-bond donors (Lipinski definition) is 1. The Morgan fingerprint density at radius 2 is 2.00 bits per heavy atom. The smallest absolute Gasteiger partial charge is 0.261 e. The van der Waals surface area contributed by atoms with Crippen LogP contribution in [0.4, 0.5) is 0 Å². The van der Waals surface area contributed by atoms with Crippen LogP contribution in [0.1, 0.15) is 14.5 Å². The number of carbonyl (C=O) groups excluding carboxylic acids is 1. The molecule has 19 heavy (non-hydrogen) atoms. The Balaban J connectivity index is 2.34. The average molecular weight is 320 g/mol. The van der Waals surface area contributed by atoms with Gasteiger partial charge in [-0.2, -0.15) is 16.1 Å². The quantitative estimate of drug-likeness (QED) is 0.907. The van der Waals surface area contributed by atoms with Gasteiger partial charge in [0.1, 0.15) is 0 Å². The Bertz CT molecular complexity index is 574. The minimum atomic E-state index is -3.46. The zero-order valence-electron chi connectivity index (χ0n) is 10.8. The molecule has 1 N–H and O–H groups in total. The van der Waals surface area contributed by atoms with Crippen molar-refractivity contribution in [3.63, 3.8) is 0 Å². The van der Waals surface area contributed by atoms with Gasteiger partial charge in [0, 0.05) is 36.5 Å². The lowest BCUT2D eigenvalue weighted by Crippen LogP contribution is -2.37. The monoisotopic (exact) mass is 320 g/mol. The highest BCUT2D eigenvalue weighted by atomic mass is 32.2. The van der Waals surface area contributed by atoms with E-state index in [0.29, 0.717) is 22.8 Å². The van der Waals surface area contributed by atoms with Gasteiger partial charge >= 0.3 is 0 Å². The van der Waals surface area contributed by atoms with Crippen molar-refractivity contribution < 1.29 is 13.2 Å². The fraction of sp³-hybridized carbons (Fsp3) is 0.545. The predicted octanol–water partition coefficient (Wildman–Crippen LogP) is 1.15. The third-order valence-electron chi connectivity index (χ3n) is 2.91. The normalized spacial score (nSPS) is 17.4. The first-order chi connectivity index (χ1) is 8.96. The molecule has 0 aromatic carbocycles. The maximum Gasteiger partial charge on any atom is 0.261 e. The van der Waals surface area contributed by atoms with E-state index in [-0.39, 0.29) is 10.8 Å². The van der Waals surface area contributed by atoms with E-state index in [1.165, 1.54) is 28.8 Å². The van der Waals surface area contributed by atoms with Crippen LogP contribution in [0.3, 0.4) is 0 Å². The van der Waals surface area contributed by atoms with Crippen LogP contribution in [0.5, 0.6) is 0 Å². The number of aryl methyl sites for hydroxylation is 1. The Morgan fingerprint density at radius 3 is 2.58 bits per heavy atom. The highest BCUT2D eigenvalue weighted by Crippen LogP contribution is 2.29. The molecule has 1 aliphatic rings. The SMILES string of the molecule is CNC(=O)c1cc(S(=O)(=O)N2CCSCC2)c(C)s1. The highest BCUT2D eigenvalue weighted by Gasteiger charge is 2.29. The number of nitrogens with zero attached hydrogens (tertiary/aromatic N) is 1. The molecule has 0 aliphatic carbocycles. The second-order valence-corrected chi connectivity index (χ2v) is 8.51. The van der Waals surface area contributed by atoms with Crippen molar-refractivity contribution in [1.29, 1.82) is 0 Å². The molecule has 8 heteroatoms. The van der Waals surface area contributed by atoms with Crippen molar-refractivity contribution in [2.24, 2.45) is 0 Å². The van der Waals surface area contributed by atoms with E-state index in [0.717, 1.165) is 11.5 Å². The largest absolute Gasteiger partial charge is 0.354 e. The van der Waals surface area contributed by atoms with Crippen molar-refractivity contribution in [2.45, 2.75) is 11.8 Å². The first-order valence-corrected chi connectivity index (χ1v) is 9.28. The molecule has 1 fully saturated rings. The fourth-order valence-corrected chi connectivity index (χ4v) is 5.96. The molecule has 1 aliphatic heterocycles. The first kappa shape index (κ1) is 14.8. The number of hydrogen-bond acceptors (Lipinski definition) is 5. The molecule has 5 nitrogen and oxygen atoms in total. The minimum absolute atomic E-state index is 0.247. The van der Waals surface area contributed by atoms with Crippen molar-refractivity contribution in [1.82, 2.24) is 9.62 Å². The van der Waals surface area contributed by atoms with Crippen LogP contribution in [0.25, 0.3) is 0 Å². The van der Waals surface area contributed by atoms with E-state index in [4.69, 9.17) is 0 Å². The molecule has 1 aromatic rings. The topological polar surface area (TPSA) is 66.5 Å². The lowest BCUT2D eigenvalue weighted by atomic mass is 10.4. The zero-order chi connectivity index (χ0) is 14.0. The lowest BCUT2D eigenvalue weighted by molar-refractivity contribution is 0.0967. The number of nitrogens with one attached hydrogen (secondary N) is 1. The summed E-state index contributed by atoms with van der Waals surface area (Å²) in [6.45, 7) is 2.82. The first-order valence-electron chi connectivity index (χ1n) is 5.87. The summed E-state index contributed by atoms with van der Waals surface area (Å²) < 4.78 is 26.6. The second kappa shape index (κ2) is 5.82. The van der Waals surface area contributed by atoms with Gasteiger partial charge in [-0.25, -0.2) is 8.42 Å². The Kier molecular flexibility index (Phi) is 4.54. The zero-order valence-corrected chi connectivity index (χ0v) is 13.3. The molecule has 0 unspecified atom stereocenters. The second-order valence-electron chi connectivity index (χ2n) is 4.13. The summed E-state index contributed by atoms with van der Waals surface area (Å²) in [5, 5.41) is 2.51. The standard InChI is InChI=1S/C11H16N2O3S3/c1-8-10(7-9(18-8)11(14)12-2)19(15,16)13-3-5-17-6-4-13/h7H,3-6H2,1-2H3,(H,12,14). The van der Waals surface area contributed by atoms with Crippen LogP contribution in [0, 0.1) is 6.92 Å². The van der Waals surface area contributed by atoms with Gasteiger partial charge in [-0.3, -0.25) is 4.79 Å². The molecule has 1 aromatic heterocycles. The fourth-order valence-electron chi connectivity index (χ4n) is 1.88. The van der Waals surface area contributed by atoms with E-state index >= 15 is 0 Å². The molecular weight excluding hydrogens is 304 g/mol. The Labute approximate surface area is 121 Å². The molecule has 2 heterocycles. The predicted molar refractivity (Wildman–Crippen MR) is 78.5 cm³/mol. The molecule has 0 radical (unpaired) electrons. The molecule has 2 rings (SSSR count). The number of amides is 1. The van der Waals surface area contributed by atoms with Gasteiger partial charge in [0.25, 0.3) is 5.91 Å². The molecule has 106 valence electrons. The van der Waals surface area contributed by atoms with Gasteiger partial charge in [0.2, 0.25) is 10.0 Å². The van der Waals surface area contributed by atoms with Crippen molar-refractivity contribution in [3.05, 3.63) is 15.8 Å². The molecule has 1 amide bonds. The third kappa shape index (κ3) is 2.96. The third-order valence-corrected chi connectivity index (χ3v) is 7.06. The van der Waals surface area contributed by atoms with Gasteiger partial charge in [0.15, 0.2) is 0 Å². The number of sulfonamides is 1. The van der Waals surface area contributed by atoms with Crippen molar-refractivity contribution >= 4 is 39.0 Å². The van der Waals surface area contributed by atoms with Crippen LogP contribution >= 0.6 is 23.1 Å². The molecule has 0 spiro atoms. The van der Waals surface area contributed by atoms with Crippen LogP contribution in [0.2, 0.25) is 0 Å². The van der Waals surface area contributed by atoms with Crippen molar-refractivity contribution in [2.75, 3.05) is 31.6 Å². The number of carbonyl (C=O) groups is 1. The summed E-state index contributed by atoms with van der Waals surface area (Å²) in [5.74, 6) is 1.40. The maximum absolute atomic E-state index is 12.5.